The Kier molecular flexibility index (Phi) is 11.7. The van der Waals surface area contributed by atoms with Crippen molar-refractivity contribution in [1.82, 2.24) is 24.9 Å². The number of fused-ring (bicyclic) bond motifs is 1. The minimum absolute atomic E-state index is 0. The van der Waals surface area contributed by atoms with Gasteiger partial charge in [-0.3, -0.25) is 9.69 Å². The second kappa shape index (κ2) is 15.7. The highest BCUT2D eigenvalue weighted by molar-refractivity contribution is 6.34. The average Bonchev–Trinajstić information content (AvgIpc) is 3.22. The summed E-state index contributed by atoms with van der Waals surface area (Å²) in [7, 11) is 0. The van der Waals surface area contributed by atoms with Gasteiger partial charge in [-0.05, 0) is 67.5 Å². The van der Waals surface area contributed by atoms with Crippen LogP contribution in [0, 0.1) is 0 Å². The molecule has 0 spiro atoms. The molecule has 3 saturated heterocycles. The predicted molar refractivity (Wildman–Crippen MR) is 182 cm³/mol. The SMILES string of the molecule is C.O=C(O[C@H](Cc1cc(Cl)cc(Cl)c1)C(=O)N1CCC(N2CCNCC2)CC1)N1CCC(N2CCc3ccccc3NC2=O)CC1. The molecule has 0 bridgehead atoms. The summed E-state index contributed by atoms with van der Waals surface area (Å²) in [4.78, 5) is 48.3. The number of para-hydroxylation sites is 1. The van der Waals surface area contributed by atoms with Gasteiger partial charge in [0.1, 0.15) is 0 Å². The zero-order chi connectivity index (χ0) is 31.3. The maximum absolute atomic E-state index is 13.9. The highest BCUT2D eigenvalue weighted by atomic mass is 35.5. The number of likely N-dealkylation sites (tertiary alicyclic amines) is 2. The van der Waals surface area contributed by atoms with Crippen molar-refractivity contribution in [3.05, 3.63) is 63.6 Å². The van der Waals surface area contributed by atoms with Gasteiger partial charge in [-0.15, -0.1) is 0 Å². The highest BCUT2D eigenvalue weighted by Crippen LogP contribution is 2.26. The number of hydrogen-bond donors (Lipinski definition) is 2. The molecule has 4 amide bonds. The van der Waals surface area contributed by atoms with Crippen LogP contribution < -0.4 is 10.6 Å². The minimum atomic E-state index is -0.990. The number of anilines is 1. The monoisotopic (exact) mass is 672 g/mol. The zero-order valence-electron chi connectivity index (χ0n) is 25.6. The number of urea groups is 1. The topological polar surface area (TPSA) is 97.5 Å². The number of rotatable bonds is 6. The maximum atomic E-state index is 13.9. The van der Waals surface area contributed by atoms with E-state index < -0.39 is 12.2 Å². The van der Waals surface area contributed by atoms with Gasteiger partial charge in [0.2, 0.25) is 0 Å². The third kappa shape index (κ3) is 8.26. The summed E-state index contributed by atoms with van der Waals surface area (Å²) in [6.45, 7) is 6.83. The number of piperidine rings is 2. The van der Waals surface area contributed by atoms with Crippen LogP contribution in [0.2, 0.25) is 10.0 Å². The summed E-state index contributed by atoms with van der Waals surface area (Å²) in [5, 5.41) is 7.38. The Hall–Kier alpha value is -3.05. The molecule has 12 heteroatoms. The van der Waals surface area contributed by atoms with Crippen molar-refractivity contribution < 1.29 is 19.1 Å². The largest absolute Gasteiger partial charge is 0.436 e. The second-order valence-corrected chi connectivity index (χ2v) is 13.3. The molecule has 46 heavy (non-hydrogen) atoms. The van der Waals surface area contributed by atoms with Gasteiger partial charge in [0.15, 0.2) is 6.10 Å². The summed E-state index contributed by atoms with van der Waals surface area (Å²) in [5.74, 6) is -0.186. The van der Waals surface area contributed by atoms with Gasteiger partial charge in [-0.2, -0.15) is 0 Å². The number of nitrogens with zero attached hydrogens (tertiary/aromatic N) is 4. The Bertz CT molecular complexity index is 1350. The lowest BCUT2D eigenvalue weighted by Gasteiger charge is -2.41. The summed E-state index contributed by atoms with van der Waals surface area (Å²) in [6.07, 6.45) is 2.55. The Labute approximate surface area is 282 Å². The van der Waals surface area contributed by atoms with Crippen LogP contribution in [0.25, 0.3) is 0 Å². The van der Waals surface area contributed by atoms with E-state index in [0.717, 1.165) is 62.3 Å². The van der Waals surface area contributed by atoms with Crippen molar-refractivity contribution in [2.75, 3.05) is 64.2 Å². The number of amides is 4. The Morgan fingerprint density at radius 2 is 1.48 bits per heavy atom. The van der Waals surface area contributed by atoms with Gasteiger partial charge in [-0.1, -0.05) is 48.8 Å². The van der Waals surface area contributed by atoms with Crippen LogP contribution in [0.15, 0.2) is 42.5 Å². The van der Waals surface area contributed by atoms with Crippen molar-refractivity contribution >= 4 is 46.9 Å². The smallest absolute Gasteiger partial charge is 0.410 e. The lowest BCUT2D eigenvalue weighted by Crippen LogP contribution is -2.54. The number of carbonyl (C=O) groups is 3. The van der Waals surface area contributed by atoms with E-state index in [-0.39, 0.29) is 31.8 Å². The number of carbonyl (C=O) groups excluding carboxylic acids is 3. The molecular formula is C34H46Cl2N6O4. The zero-order valence-corrected chi connectivity index (χ0v) is 27.1. The third-order valence-corrected chi connectivity index (χ3v) is 10.0. The van der Waals surface area contributed by atoms with E-state index >= 15 is 0 Å². The molecule has 0 saturated carbocycles. The van der Waals surface area contributed by atoms with Crippen LogP contribution >= 0.6 is 23.2 Å². The minimum Gasteiger partial charge on any atom is -0.436 e. The molecule has 0 aliphatic carbocycles. The molecular weight excluding hydrogens is 627 g/mol. The first-order chi connectivity index (χ1) is 21.8. The van der Waals surface area contributed by atoms with Gasteiger partial charge >= 0.3 is 12.1 Å². The van der Waals surface area contributed by atoms with E-state index in [1.165, 1.54) is 0 Å². The van der Waals surface area contributed by atoms with Crippen LogP contribution in [0.1, 0.15) is 44.2 Å². The molecule has 4 heterocycles. The van der Waals surface area contributed by atoms with Gasteiger partial charge in [0, 0.05) is 93.1 Å². The molecule has 2 N–H and O–H groups in total. The van der Waals surface area contributed by atoms with Crippen molar-refractivity contribution in [2.24, 2.45) is 0 Å². The molecule has 2 aromatic carbocycles. The van der Waals surface area contributed by atoms with Crippen molar-refractivity contribution in [3.63, 3.8) is 0 Å². The molecule has 0 unspecified atom stereocenters. The Morgan fingerprint density at radius 1 is 0.848 bits per heavy atom. The van der Waals surface area contributed by atoms with Crippen LogP contribution in [0.4, 0.5) is 15.3 Å². The number of halogens is 2. The number of nitrogens with one attached hydrogen (secondary N) is 2. The fraction of sp³-hybridized carbons (Fsp3) is 0.559. The van der Waals surface area contributed by atoms with E-state index in [0.29, 0.717) is 61.7 Å². The molecule has 3 fully saturated rings. The van der Waals surface area contributed by atoms with Crippen molar-refractivity contribution in [3.8, 4) is 0 Å². The van der Waals surface area contributed by atoms with Crippen LogP contribution in [-0.4, -0.2) is 115 Å². The number of ether oxygens (including phenoxy) is 1. The van der Waals surface area contributed by atoms with Crippen LogP contribution in [-0.2, 0) is 22.4 Å². The third-order valence-electron chi connectivity index (χ3n) is 9.61. The molecule has 10 nitrogen and oxygen atoms in total. The van der Waals surface area contributed by atoms with E-state index in [9.17, 15) is 14.4 Å². The molecule has 250 valence electrons. The molecule has 4 aliphatic heterocycles. The summed E-state index contributed by atoms with van der Waals surface area (Å²) >= 11 is 12.5. The number of hydrogen-bond acceptors (Lipinski definition) is 6. The average molecular weight is 674 g/mol. The summed E-state index contributed by atoms with van der Waals surface area (Å²) in [5.41, 5.74) is 2.72. The summed E-state index contributed by atoms with van der Waals surface area (Å²) < 4.78 is 5.99. The van der Waals surface area contributed by atoms with Gasteiger partial charge < -0.3 is 30.1 Å². The van der Waals surface area contributed by atoms with Crippen LogP contribution in [0.3, 0.4) is 0 Å². The van der Waals surface area contributed by atoms with E-state index in [1.54, 1.807) is 23.1 Å². The molecule has 4 aliphatic rings. The number of benzene rings is 2. The van der Waals surface area contributed by atoms with Gasteiger partial charge in [0.05, 0.1) is 0 Å². The van der Waals surface area contributed by atoms with E-state index in [2.05, 4.69) is 15.5 Å². The molecule has 1 atom stereocenters. The standard InChI is InChI=1S/C33H42Cl2N6O4.CH4/c34-25-19-23(20-26(35)22-25)21-30(31(42)39-12-6-27(7-13-39)38-17-10-36-11-18-38)45-33(44)40-14-8-28(9-15-40)41-16-5-24-3-1-2-4-29(24)37-32(41)43;/h1-4,19-20,22,27-28,30,36H,5-18,21H2,(H,37,43);1H4/t30-;/m1./s1. The van der Waals surface area contributed by atoms with Crippen molar-refractivity contribution in [1.29, 1.82) is 0 Å². The highest BCUT2D eigenvalue weighted by Gasteiger charge is 2.36. The molecule has 2 aromatic rings. The molecule has 0 radical (unpaired) electrons. The first-order valence-corrected chi connectivity index (χ1v) is 16.9. The Balaban J connectivity index is 0.00000417. The molecule has 0 aromatic heterocycles. The first kappa shape index (κ1) is 34.3. The fourth-order valence-electron chi connectivity index (χ4n) is 7.12. The lowest BCUT2D eigenvalue weighted by molar-refractivity contribution is -0.142. The number of piperazine rings is 1. The predicted octanol–water partition coefficient (Wildman–Crippen LogP) is 5.13. The fourth-order valence-corrected chi connectivity index (χ4v) is 7.69. The summed E-state index contributed by atoms with van der Waals surface area (Å²) in [6, 6.07) is 13.4. The van der Waals surface area contributed by atoms with Crippen molar-refractivity contribution in [2.45, 2.75) is 64.1 Å². The lowest BCUT2D eigenvalue weighted by atomic mass is 10.0. The van der Waals surface area contributed by atoms with E-state index in [1.807, 2.05) is 34.1 Å². The maximum Gasteiger partial charge on any atom is 0.410 e. The Morgan fingerprint density at radius 3 is 2.17 bits per heavy atom. The quantitative estimate of drug-likeness (QED) is 0.442. The normalized spacial score (nSPS) is 20.7. The van der Waals surface area contributed by atoms with Crippen LogP contribution in [0.5, 0.6) is 0 Å². The van der Waals surface area contributed by atoms with Gasteiger partial charge in [0.25, 0.3) is 5.91 Å². The first-order valence-electron chi connectivity index (χ1n) is 16.1. The van der Waals surface area contributed by atoms with Gasteiger partial charge in [-0.25, -0.2) is 9.59 Å². The second-order valence-electron chi connectivity index (χ2n) is 12.4. The van der Waals surface area contributed by atoms with E-state index in [4.69, 9.17) is 27.9 Å². The molecule has 6 rings (SSSR count).